The molecule has 3 aliphatic rings. The van der Waals surface area contributed by atoms with Crippen molar-refractivity contribution in [1.82, 2.24) is 0 Å². The first-order valence-corrected chi connectivity index (χ1v) is 8.41. The highest BCUT2D eigenvalue weighted by molar-refractivity contribution is 5.39. The molecular weight excluding hydrogens is 228 g/mol. The molecule has 1 saturated carbocycles. The molecule has 0 aromatic carbocycles. The molecule has 19 heavy (non-hydrogen) atoms. The monoisotopic (exact) mass is 256 g/mol. The van der Waals surface area contributed by atoms with Crippen molar-refractivity contribution in [1.29, 1.82) is 0 Å². The second kappa shape index (κ2) is 5.69. The Morgan fingerprint density at radius 1 is 1.11 bits per heavy atom. The standard InChI is InChI=1S/C19H28/c1-3-8-14-16-10-5-6-11-17(16)19-13-7-12-18(14)15(19)9-4-2/h4,9,14,18-19H,2-3,5-8,10-13H2,1H3. The molecule has 0 N–H and O–H groups in total. The summed E-state index contributed by atoms with van der Waals surface area (Å²) >= 11 is 0. The van der Waals surface area contributed by atoms with Crippen molar-refractivity contribution in [2.24, 2.45) is 17.8 Å². The first-order valence-electron chi connectivity index (χ1n) is 8.41. The Balaban J connectivity index is 2.05. The molecule has 104 valence electrons. The SMILES string of the molecule is C=CC=C1C2CCCC1C(CCC)C1=C2CCCC1. The number of rotatable bonds is 3. The van der Waals surface area contributed by atoms with E-state index in [9.17, 15) is 0 Å². The second-order valence-electron chi connectivity index (χ2n) is 6.65. The lowest BCUT2D eigenvalue weighted by Crippen LogP contribution is -2.35. The Hall–Kier alpha value is -0.780. The van der Waals surface area contributed by atoms with E-state index in [0.29, 0.717) is 0 Å². The van der Waals surface area contributed by atoms with Gasteiger partial charge in [0.05, 0.1) is 0 Å². The summed E-state index contributed by atoms with van der Waals surface area (Å²) in [5.41, 5.74) is 5.53. The number of allylic oxidation sites excluding steroid dienone is 5. The highest BCUT2D eigenvalue weighted by Gasteiger charge is 2.41. The summed E-state index contributed by atoms with van der Waals surface area (Å²) < 4.78 is 0. The molecule has 0 saturated heterocycles. The quantitative estimate of drug-likeness (QED) is 0.558. The predicted octanol–water partition coefficient (Wildman–Crippen LogP) is 5.82. The van der Waals surface area contributed by atoms with Gasteiger partial charge in [0.1, 0.15) is 0 Å². The summed E-state index contributed by atoms with van der Waals surface area (Å²) in [5, 5.41) is 0. The van der Waals surface area contributed by atoms with Gasteiger partial charge in [0.2, 0.25) is 0 Å². The zero-order chi connectivity index (χ0) is 13.2. The largest absolute Gasteiger partial charge is 0.0991 e. The zero-order valence-corrected chi connectivity index (χ0v) is 12.5. The minimum atomic E-state index is 0.806. The van der Waals surface area contributed by atoms with Gasteiger partial charge in [-0.2, -0.15) is 0 Å². The third-order valence-electron chi connectivity index (χ3n) is 5.66. The average molecular weight is 256 g/mol. The summed E-state index contributed by atoms with van der Waals surface area (Å²) in [7, 11) is 0. The zero-order valence-electron chi connectivity index (χ0n) is 12.5. The maximum atomic E-state index is 3.96. The van der Waals surface area contributed by atoms with Gasteiger partial charge in [-0.05, 0) is 56.8 Å². The average Bonchev–Trinajstić information content (AvgIpc) is 2.44. The van der Waals surface area contributed by atoms with E-state index >= 15 is 0 Å². The van der Waals surface area contributed by atoms with Crippen molar-refractivity contribution in [2.75, 3.05) is 0 Å². The number of hydrogen-bond acceptors (Lipinski definition) is 0. The minimum Gasteiger partial charge on any atom is -0.0991 e. The molecule has 1 fully saturated rings. The van der Waals surface area contributed by atoms with Crippen LogP contribution in [0.3, 0.4) is 0 Å². The first-order chi connectivity index (χ1) is 9.36. The minimum absolute atomic E-state index is 0.806. The fourth-order valence-corrected chi connectivity index (χ4v) is 5.02. The van der Waals surface area contributed by atoms with E-state index in [1.165, 1.54) is 57.8 Å². The summed E-state index contributed by atoms with van der Waals surface area (Å²) in [4.78, 5) is 0. The molecule has 3 atom stereocenters. The van der Waals surface area contributed by atoms with Crippen LogP contribution >= 0.6 is 0 Å². The third kappa shape index (κ3) is 2.24. The van der Waals surface area contributed by atoms with E-state index in [4.69, 9.17) is 0 Å². The normalized spacial score (nSPS) is 36.3. The van der Waals surface area contributed by atoms with E-state index in [0.717, 1.165) is 17.8 Å². The molecule has 0 aromatic heterocycles. The van der Waals surface area contributed by atoms with E-state index in [2.05, 4.69) is 19.6 Å². The van der Waals surface area contributed by atoms with Gasteiger partial charge < -0.3 is 0 Å². The Morgan fingerprint density at radius 2 is 1.89 bits per heavy atom. The van der Waals surface area contributed by atoms with Crippen LogP contribution in [0.4, 0.5) is 0 Å². The van der Waals surface area contributed by atoms with Gasteiger partial charge in [-0.3, -0.25) is 0 Å². The first kappa shape index (κ1) is 13.2. The molecule has 0 heterocycles. The summed E-state index contributed by atoms with van der Waals surface area (Å²) in [5.74, 6) is 2.54. The fourth-order valence-electron chi connectivity index (χ4n) is 5.02. The topological polar surface area (TPSA) is 0 Å². The van der Waals surface area contributed by atoms with E-state index < -0.39 is 0 Å². The summed E-state index contributed by atoms with van der Waals surface area (Å²) in [6, 6.07) is 0. The molecule has 0 nitrogen and oxygen atoms in total. The molecule has 0 aromatic rings. The van der Waals surface area contributed by atoms with Crippen LogP contribution in [0.25, 0.3) is 0 Å². The van der Waals surface area contributed by atoms with Crippen molar-refractivity contribution < 1.29 is 0 Å². The third-order valence-corrected chi connectivity index (χ3v) is 5.66. The Labute approximate surface area is 118 Å². The number of fused-ring (bicyclic) bond motifs is 3. The van der Waals surface area contributed by atoms with Gasteiger partial charge in [0.15, 0.2) is 0 Å². The van der Waals surface area contributed by atoms with Crippen molar-refractivity contribution in [2.45, 2.75) is 64.7 Å². The molecule has 2 bridgehead atoms. The Morgan fingerprint density at radius 3 is 2.63 bits per heavy atom. The second-order valence-corrected chi connectivity index (χ2v) is 6.65. The van der Waals surface area contributed by atoms with Crippen LogP contribution in [0.15, 0.2) is 35.5 Å². The van der Waals surface area contributed by atoms with Crippen LogP contribution in [0, 0.1) is 17.8 Å². The summed E-state index contributed by atoms with van der Waals surface area (Å²) in [6.45, 7) is 6.32. The van der Waals surface area contributed by atoms with Crippen LogP contribution < -0.4 is 0 Å². The molecule has 3 rings (SSSR count). The van der Waals surface area contributed by atoms with Crippen LogP contribution in [0.1, 0.15) is 64.7 Å². The summed E-state index contributed by atoms with van der Waals surface area (Å²) in [6.07, 6.45) is 17.1. The molecule has 0 radical (unpaired) electrons. The van der Waals surface area contributed by atoms with Gasteiger partial charge in [0, 0.05) is 5.92 Å². The van der Waals surface area contributed by atoms with Crippen molar-refractivity contribution in [3.63, 3.8) is 0 Å². The van der Waals surface area contributed by atoms with Gasteiger partial charge in [-0.25, -0.2) is 0 Å². The lowest BCUT2D eigenvalue weighted by molar-refractivity contribution is 0.260. The maximum absolute atomic E-state index is 3.96. The van der Waals surface area contributed by atoms with Gasteiger partial charge in [-0.1, -0.05) is 55.2 Å². The Kier molecular flexibility index (Phi) is 3.96. The van der Waals surface area contributed by atoms with Gasteiger partial charge >= 0.3 is 0 Å². The molecular formula is C19H28. The van der Waals surface area contributed by atoms with Crippen LogP contribution in [0.2, 0.25) is 0 Å². The van der Waals surface area contributed by atoms with E-state index in [1.807, 2.05) is 17.2 Å². The van der Waals surface area contributed by atoms with Gasteiger partial charge in [0.25, 0.3) is 0 Å². The van der Waals surface area contributed by atoms with E-state index in [-0.39, 0.29) is 0 Å². The highest BCUT2D eigenvalue weighted by Crippen LogP contribution is 2.54. The smallest absolute Gasteiger partial charge is 0.00158 e. The molecule has 0 amide bonds. The molecule has 3 aliphatic carbocycles. The highest BCUT2D eigenvalue weighted by atomic mass is 14.5. The van der Waals surface area contributed by atoms with E-state index in [1.54, 1.807) is 5.57 Å². The lowest BCUT2D eigenvalue weighted by atomic mass is 9.57. The maximum Gasteiger partial charge on any atom is 0.00158 e. The molecule has 3 unspecified atom stereocenters. The predicted molar refractivity (Wildman–Crippen MR) is 83.0 cm³/mol. The van der Waals surface area contributed by atoms with Crippen LogP contribution in [-0.2, 0) is 0 Å². The lowest BCUT2D eigenvalue weighted by Gasteiger charge is -2.47. The fraction of sp³-hybridized carbons (Fsp3) is 0.684. The van der Waals surface area contributed by atoms with Crippen molar-refractivity contribution >= 4 is 0 Å². The van der Waals surface area contributed by atoms with Crippen molar-refractivity contribution in [3.05, 3.63) is 35.5 Å². The molecule has 0 spiro atoms. The Bertz CT molecular complexity index is 410. The van der Waals surface area contributed by atoms with Crippen molar-refractivity contribution in [3.8, 4) is 0 Å². The molecule has 0 aliphatic heterocycles. The van der Waals surface area contributed by atoms with Crippen LogP contribution in [0.5, 0.6) is 0 Å². The van der Waals surface area contributed by atoms with Crippen LogP contribution in [-0.4, -0.2) is 0 Å². The van der Waals surface area contributed by atoms with Gasteiger partial charge in [-0.15, -0.1) is 0 Å². The molecule has 0 heteroatoms. The number of hydrogen-bond donors (Lipinski definition) is 0.